The van der Waals surface area contributed by atoms with E-state index in [0.717, 1.165) is 24.0 Å². The Morgan fingerprint density at radius 3 is 2.61 bits per heavy atom. The van der Waals surface area contributed by atoms with Crippen molar-refractivity contribution in [2.45, 2.75) is 64.5 Å². The smallest absolute Gasteiger partial charge is 0.410 e. The molecule has 1 aliphatic heterocycles. The largest absolute Gasteiger partial charge is 0.507 e. The number of nitrogens with zero attached hydrogens (tertiary/aromatic N) is 4. The summed E-state index contributed by atoms with van der Waals surface area (Å²) in [7, 11) is 0. The molecule has 0 bridgehead atoms. The highest BCUT2D eigenvalue weighted by atomic mass is 16.6. The van der Waals surface area contributed by atoms with Gasteiger partial charge in [-0.15, -0.1) is 0 Å². The second kappa shape index (κ2) is 10.6. The van der Waals surface area contributed by atoms with Gasteiger partial charge >= 0.3 is 6.09 Å². The summed E-state index contributed by atoms with van der Waals surface area (Å²) in [5.74, 6) is 1.87. The van der Waals surface area contributed by atoms with Gasteiger partial charge < -0.3 is 29.8 Å². The first-order valence-corrected chi connectivity index (χ1v) is 13.4. The quantitative estimate of drug-likeness (QED) is 0.442. The molecule has 9 nitrogen and oxygen atoms in total. The van der Waals surface area contributed by atoms with E-state index in [9.17, 15) is 9.90 Å². The second-order valence-electron chi connectivity index (χ2n) is 11.3. The number of nitrogen functional groups attached to an aromatic ring is 1. The maximum Gasteiger partial charge on any atom is 0.410 e. The minimum absolute atomic E-state index is 0.109. The fraction of sp³-hybridized carbons (Fsp3) is 0.483. The molecular weight excluding hydrogens is 482 g/mol. The van der Waals surface area contributed by atoms with Crippen molar-refractivity contribution in [1.29, 1.82) is 0 Å². The Kier molecular flexibility index (Phi) is 7.19. The van der Waals surface area contributed by atoms with Gasteiger partial charge in [0.2, 0.25) is 0 Å². The lowest BCUT2D eigenvalue weighted by atomic mass is 9.85. The first-order valence-electron chi connectivity index (χ1n) is 13.4. The molecule has 1 saturated carbocycles. The monoisotopic (exact) mass is 519 g/mol. The van der Waals surface area contributed by atoms with E-state index in [4.69, 9.17) is 20.2 Å². The third kappa shape index (κ3) is 6.03. The predicted molar refractivity (Wildman–Crippen MR) is 145 cm³/mol. The molecule has 2 fully saturated rings. The van der Waals surface area contributed by atoms with Crippen LogP contribution in [0.2, 0.25) is 0 Å². The zero-order valence-corrected chi connectivity index (χ0v) is 22.4. The zero-order chi connectivity index (χ0) is 26.9. The third-order valence-corrected chi connectivity index (χ3v) is 7.11. The van der Waals surface area contributed by atoms with Gasteiger partial charge in [-0.1, -0.05) is 6.07 Å². The van der Waals surface area contributed by atoms with Crippen LogP contribution in [0, 0.1) is 5.92 Å². The van der Waals surface area contributed by atoms with Crippen LogP contribution >= 0.6 is 0 Å². The number of pyridine rings is 1. The lowest BCUT2D eigenvalue weighted by Gasteiger charge is -2.34. The van der Waals surface area contributed by atoms with Gasteiger partial charge in [0.1, 0.15) is 22.9 Å². The highest BCUT2D eigenvalue weighted by molar-refractivity contribution is 5.76. The number of phenolic OH excluding ortho intramolecular Hbond substituents is 1. The number of nitrogens with two attached hydrogens (primary N) is 1. The second-order valence-corrected chi connectivity index (χ2v) is 11.3. The number of hydrogen-bond acceptors (Lipinski definition) is 7. The molecule has 3 heterocycles. The van der Waals surface area contributed by atoms with Crippen LogP contribution in [-0.2, 0) is 11.3 Å². The SMILES string of the molecule is CC(C)(C)OC(=O)N1CCC(c2cc(-c3c(O)cccc3OCC3CC3)nc(N)c2Cn2ccnc2)CC1. The molecule has 202 valence electrons. The molecule has 2 aliphatic rings. The van der Waals surface area contributed by atoms with E-state index in [0.29, 0.717) is 55.0 Å². The van der Waals surface area contributed by atoms with Crippen molar-refractivity contribution in [3.8, 4) is 22.8 Å². The van der Waals surface area contributed by atoms with E-state index in [1.165, 1.54) is 12.8 Å². The molecule has 0 unspecified atom stereocenters. The van der Waals surface area contributed by atoms with Gasteiger partial charge in [0.25, 0.3) is 0 Å². The molecule has 1 aromatic carbocycles. The number of benzene rings is 1. The fourth-order valence-electron chi connectivity index (χ4n) is 4.93. The van der Waals surface area contributed by atoms with Crippen molar-refractivity contribution in [2.24, 2.45) is 5.92 Å². The van der Waals surface area contributed by atoms with Gasteiger partial charge in [0.15, 0.2) is 0 Å². The van der Waals surface area contributed by atoms with Crippen LogP contribution in [0.3, 0.4) is 0 Å². The average Bonchev–Trinajstić information content (AvgIpc) is 3.56. The van der Waals surface area contributed by atoms with Crippen molar-refractivity contribution in [3.05, 3.63) is 54.1 Å². The summed E-state index contributed by atoms with van der Waals surface area (Å²) in [6.07, 6.45) is 9.00. The van der Waals surface area contributed by atoms with Crippen molar-refractivity contribution in [2.75, 3.05) is 25.4 Å². The minimum atomic E-state index is -0.530. The van der Waals surface area contributed by atoms with Gasteiger partial charge in [0.05, 0.1) is 30.7 Å². The summed E-state index contributed by atoms with van der Waals surface area (Å²) in [6.45, 7) is 7.98. The van der Waals surface area contributed by atoms with E-state index < -0.39 is 5.60 Å². The van der Waals surface area contributed by atoms with E-state index in [1.807, 2.05) is 43.7 Å². The van der Waals surface area contributed by atoms with Crippen LogP contribution in [0.15, 0.2) is 43.0 Å². The molecule has 0 radical (unpaired) electrons. The lowest BCUT2D eigenvalue weighted by molar-refractivity contribution is 0.0204. The van der Waals surface area contributed by atoms with E-state index in [2.05, 4.69) is 4.98 Å². The number of aromatic nitrogens is 3. The van der Waals surface area contributed by atoms with E-state index in [-0.39, 0.29) is 17.8 Å². The summed E-state index contributed by atoms with van der Waals surface area (Å²) in [5.41, 5.74) is 9.22. The number of carbonyl (C=O) groups excluding carboxylic acids is 1. The van der Waals surface area contributed by atoms with Crippen molar-refractivity contribution < 1.29 is 19.4 Å². The molecule has 38 heavy (non-hydrogen) atoms. The van der Waals surface area contributed by atoms with Gasteiger partial charge in [0, 0.05) is 31.0 Å². The Morgan fingerprint density at radius 2 is 1.95 bits per heavy atom. The Hall–Kier alpha value is -3.75. The van der Waals surface area contributed by atoms with Crippen LogP contribution in [0.4, 0.5) is 10.6 Å². The Bertz CT molecular complexity index is 1270. The molecule has 3 aromatic rings. The molecule has 0 atom stereocenters. The van der Waals surface area contributed by atoms with Crippen LogP contribution in [0.1, 0.15) is 63.5 Å². The van der Waals surface area contributed by atoms with Crippen LogP contribution in [0.25, 0.3) is 11.3 Å². The highest BCUT2D eigenvalue weighted by Gasteiger charge is 2.30. The summed E-state index contributed by atoms with van der Waals surface area (Å²) in [6, 6.07) is 7.34. The molecule has 0 spiro atoms. The van der Waals surface area contributed by atoms with Crippen molar-refractivity contribution in [3.63, 3.8) is 0 Å². The normalized spacial score (nSPS) is 16.4. The molecule has 9 heteroatoms. The zero-order valence-electron chi connectivity index (χ0n) is 22.4. The van der Waals surface area contributed by atoms with Gasteiger partial charge in [-0.3, -0.25) is 0 Å². The topological polar surface area (TPSA) is 116 Å². The standard InChI is InChI=1S/C29H37N5O4/c1-29(2,3)38-28(36)34-12-9-20(10-13-34)21-15-23(32-27(30)22(21)16-33-14-11-31-18-33)26-24(35)5-4-6-25(26)37-17-19-7-8-19/h4-6,11,14-15,18-20,35H,7-10,12-13,16-17H2,1-3H3,(H2,30,32). The number of carbonyl (C=O) groups is 1. The Labute approximate surface area is 223 Å². The molecule has 1 amide bonds. The predicted octanol–water partition coefficient (Wildman–Crippen LogP) is 5.18. The molecular formula is C29H37N5O4. The Morgan fingerprint density at radius 1 is 1.18 bits per heavy atom. The maximum absolute atomic E-state index is 12.6. The number of hydrogen-bond donors (Lipinski definition) is 2. The summed E-state index contributed by atoms with van der Waals surface area (Å²) < 4.78 is 13.7. The number of amides is 1. The number of piperidine rings is 1. The first kappa shape index (κ1) is 25.9. The highest BCUT2D eigenvalue weighted by Crippen LogP contribution is 2.42. The van der Waals surface area contributed by atoms with Crippen molar-refractivity contribution in [1.82, 2.24) is 19.4 Å². The van der Waals surface area contributed by atoms with Gasteiger partial charge in [-0.25, -0.2) is 14.8 Å². The third-order valence-electron chi connectivity index (χ3n) is 7.11. The average molecular weight is 520 g/mol. The lowest BCUT2D eigenvalue weighted by Crippen LogP contribution is -2.41. The first-order chi connectivity index (χ1) is 18.2. The minimum Gasteiger partial charge on any atom is -0.507 e. The molecule has 1 saturated heterocycles. The van der Waals surface area contributed by atoms with Crippen molar-refractivity contribution >= 4 is 11.9 Å². The number of anilines is 1. The number of imidazole rings is 1. The van der Waals surface area contributed by atoms with Gasteiger partial charge in [-0.05, 0) is 82.1 Å². The maximum atomic E-state index is 12.6. The van der Waals surface area contributed by atoms with E-state index in [1.54, 1.807) is 29.6 Å². The Balaban J connectivity index is 1.47. The summed E-state index contributed by atoms with van der Waals surface area (Å²) >= 11 is 0. The van der Waals surface area contributed by atoms with Crippen LogP contribution in [0.5, 0.6) is 11.5 Å². The van der Waals surface area contributed by atoms with Crippen LogP contribution < -0.4 is 10.5 Å². The van der Waals surface area contributed by atoms with Gasteiger partial charge in [-0.2, -0.15) is 0 Å². The molecule has 1 aliphatic carbocycles. The number of ether oxygens (including phenoxy) is 2. The number of rotatable bonds is 7. The number of phenols is 1. The number of likely N-dealkylation sites (tertiary alicyclic amines) is 1. The number of aromatic hydroxyl groups is 1. The molecule has 5 rings (SSSR count). The summed E-state index contributed by atoms with van der Waals surface area (Å²) in [4.78, 5) is 23.3. The molecule has 3 N–H and O–H groups in total. The fourth-order valence-corrected chi connectivity index (χ4v) is 4.93. The van der Waals surface area contributed by atoms with E-state index >= 15 is 0 Å². The summed E-state index contributed by atoms with van der Waals surface area (Å²) in [5, 5.41) is 10.9. The van der Waals surface area contributed by atoms with Crippen LogP contribution in [-0.4, -0.2) is 55.9 Å². The molecule has 2 aromatic heterocycles.